The van der Waals surface area contributed by atoms with Crippen LogP contribution in [-0.2, 0) is 11.3 Å². The van der Waals surface area contributed by atoms with Gasteiger partial charge in [-0.05, 0) is 47.7 Å². The summed E-state index contributed by atoms with van der Waals surface area (Å²) in [6, 6.07) is 11.8. The third kappa shape index (κ3) is 4.52. The fourth-order valence-electron chi connectivity index (χ4n) is 2.82. The number of aryl methyl sites for hydroxylation is 2. The minimum atomic E-state index is -0.261. The summed E-state index contributed by atoms with van der Waals surface area (Å²) < 4.78 is 0. The van der Waals surface area contributed by atoms with E-state index in [4.69, 9.17) is 11.6 Å². The maximum absolute atomic E-state index is 12.3. The van der Waals surface area contributed by atoms with Crippen LogP contribution in [0.15, 0.2) is 36.4 Å². The third-order valence-electron chi connectivity index (χ3n) is 4.27. The first-order valence-electron chi connectivity index (χ1n) is 8.78. The van der Waals surface area contributed by atoms with Crippen molar-refractivity contribution in [2.24, 2.45) is 0 Å². The second-order valence-electron chi connectivity index (χ2n) is 6.91. The van der Waals surface area contributed by atoms with Crippen LogP contribution in [0, 0.1) is 13.8 Å². The zero-order chi connectivity index (χ0) is 19.6. The minimum Gasteiger partial charge on any atom is -0.323 e. The van der Waals surface area contributed by atoms with Crippen LogP contribution in [0.5, 0.6) is 0 Å². The summed E-state index contributed by atoms with van der Waals surface area (Å²) in [6.45, 7) is 8.11. The number of benzene rings is 2. The summed E-state index contributed by atoms with van der Waals surface area (Å²) in [4.78, 5) is 13.6. The number of hydrogen-bond donors (Lipinski definition) is 1. The number of nitrogens with one attached hydrogen (secondary N) is 1. The molecule has 0 atom stereocenters. The van der Waals surface area contributed by atoms with Gasteiger partial charge in [0.25, 0.3) is 0 Å². The number of amides is 1. The number of rotatable bonds is 5. The molecule has 3 aromatic rings. The van der Waals surface area contributed by atoms with E-state index in [0.29, 0.717) is 22.5 Å². The molecular formula is C20H22ClN5O. The first kappa shape index (κ1) is 19.0. The molecule has 0 bridgehead atoms. The lowest BCUT2D eigenvalue weighted by Crippen LogP contribution is -2.21. The molecule has 6 nitrogen and oxygen atoms in total. The average molecular weight is 384 g/mol. The fraction of sp³-hybridized carbons (Fsp3) is 0.300. The summed E-state index contributed by atoms with van der Waals surface area (Å²) in [5, 5.41) is 15.6. The van der Waals surface area contributed by atoms with Gasteiger partial charge in [0.2, 0.25) is 11.7 Å². The molecular weight excluding hydrogens is 362 g/mol. The minimum absolute atomic E-state index is 0.0409. The molecule has 0 fully saturated rings. The van der Waals surface area contributed by atoms with Crippen LogP contribution in [0.3, 0.4) is 0 Å². The highest BCUT2D eigenvalue weighted by atomic mass is 35.5. The Morgan fingerprint density at radius 1 is 1.19 bits per heavy atom. The Morgan fingerprint density at radius 2 is 1.89 bits per heavy atom. The predicted octanol–water partition coefficient (Wildman–Crippen LogP) is 4.37. The molecule has 0 radical (unpaired) electrons. The number of carbonyl (C=O) groups excluding carboxylic acids is 1. The van der Waals surface area contributed by atoms with E-state index in [1.54, 1.807) is 0 Å². The Bertz CT molecular complexity index is 940. The van der Waals surface area contributed by atoms with Crippen LogP contribution < -0.4 is 5.32 Å². The fourth-order valence-corrected chi connectivity index (χ4v) is 3.19. The Balaban J connectivity index is 1.69. The molecule has 7 heteroatoms. The summed E-state index contributed by atoms with van der Waals surface area (Å²) in [5.74, 6) is 0.689. The lowest BCUT2D eigenvalue weighted by Gasteiger charge is -2.11. The molecule has 0 aliphatic heterocycles. The highest BCUT2D eigenvalue weighted by molar-refractivity contribution is 6.34. The predicted molar refractivity (Wildman–Crippen MR) is 107 cm³/mol. The molecule has 1 amide bonds. The summed E-state index contributed by atoms with van der Waals surface area (Å²) in [6.07, 6.45) is 0. The number of hydrogen-bond acceptors (Lipinski definition) is 4. The van der Waals surface area contributed by atoms with Gasteiger partial charge in [-0.1, -0.05) is 55.8 Å². The molecule has 27 heavy (non-hydrogen) atoms. The molecule has 0 aliphatic rings. The molecule has 1 N–H and O–H groups in total. The standard InChI is InChI=1S/C20H22ClN5O/c1-12(2)15-5-7-16(8-6-15)20-23-25-26(24-20)11-18(27)22-19-14(4)9-13(3)10-17(19)21/h5-10,12H,11H2,1-4H3,(H,22,27). The van der Waals surface area contributed by atoms with Crippen molar-refractivity contribution in [3.05, 3.63) is 58.1 Å². The molecule has 0 aliphatic carbocycles. The van der Waals surface area contributed by atoms with E-state index in [0.717, 1.165) is 16.7 Å². The van der Waals surface area contributed by atoms with E-state index >= 15 is 0 Å². The summed E-state index contributed by atoms with van der Waals surface area (Å²) in [5.41, 5.74) is 4.67. The molecule has 0 unspecified atom stereocenters. The number of nitrogens with zero attached hydrogens (tertiary/aromatic N) is 4. The zero-order valence-electron chi connectivity index (χ0n) is 15.8. The highest BCUT2D eigenvalue weighted by Gasteiger charge is 2.13. The van der Waals surface area contributed by atoms with E-state index in [1.165, 1.54) is 10.4 Å². The van der Waals surface area contributed by atoms with Gasteiger partial charge in [-0.15, -0.1) is 10.2 Å². The Hall–Kier alpha value is -2.73. The normalized spacial score (nSPS) is 11.0. The second kappa shape index (κ2) is 7.88. The van der Waals surface area contributed by atoms with Gasteiger partial charge in [-0.25, -0.2) is 0 Å². The van der Waals surface area contributed by atoms with Crippen LogP contribution in [0.1, 0.15) is 36.5 Å². The van der Waals surface area contributed by atoms with Gasteiger partial charge in [0, 0.05) is 5.56 Å². The number of carbonyl (C=O) groups is 1. The number of anilines is 1. The van der Waals surface area contributed by atoms with E-state index in [-0.39, 0.29) is 12.5 Å². The van der Waals surface area contributed by atoms with Crippen molar-refractivity contribution < 1.29 is 4.79 Å². The lowest BCUT2D eigenvalue weighted by molar-refractivity contribution is -0.117. The van der Waals surface area contributed by atoms with Crippen LogP contribution in [-0.4, -0.2) is 26.1 Å². The molecule has 140 valence electrons. The first-order valence-corrected chi connectivity index (χ1v) is 9.16. The van der Waals surface area contributed by atoms with E-state index in [2.05, 4.69) is 46.7 Å². The van der Waals surface area contributed by atoms with Crippen molar-refractivity contribution in [1.29, 1.82) is 0 Å². The van der Waals surface area contributed by atoms with Crippen LogP contribution in [0.25, 0.3) is 11.4 Å². The zero-order valence-corrected chi connectivity index (χ0v) is 16.6. The van der Waals surface area contributed by atoms with Crippen molar-refractivity contribution in [2.45, 2.75) is 40.2 Å². The second-order valence-corrected chi connectivity index (χ2v) is 7.31. The van der Waals surface area contributed by atoms with Gasteiger partial charge in [0.05, 0.1) is 10.7 Å². The van der Waals surface area contributed by atoms with Gasteiger partial charge in [0.15, 0.2) is 0 Å². The molecule has 1 aromatic heterocycles. The van der Waals surface area contributed by atoms with Gasteiger partial charge < -0.3 is 5.32 Å². The highest BCUT2D eigenvalue weighted by Crippen LogP contribution is 2.27. The average Bonchev–Trinajstić information content (AvgIpc) is 3.06. The molecule has 3 rings (SSSR count). The summed E-state index contributed by atoms with van der Waals surface area (Å²) >= 11 is 6.24. The van der Waals surface area contributed by atoms with E-state index in [1.807, 2.05) is 38.1 Å². The number of tetrazole rings is 1. The number of aromatic nitrogens is 4. The van der Waals surface area contributed by atoms with Crippen molar-refractivity contribution >= 4 is 23.2 Å². The van der Waals surface area contributed by atoms with Crippen molar-refractivity contribution in [2.75, 3.05) is 5.32 Å². The van der Waals surface area contributed by atoms with Crippen LogP contribution in [0.2, 0.25) is 5.02 Å². The maximum atomic E-state index is 12.3. The van der Waals surface area contributed by atoms with E-state index in [9.17, 15) is 4.79 Å². The molecule has 0 spiro atoms. The quantitative estimate of drug-likeness (QED) is 0.709. The van der Waals surface area contributed by atoms with Gasteiger partial charge >= 0.3 is 0 Å². The van der Waals surface area contributed by atoms with Crippen LogP contribution in [0.4, 0.5) is 5.69 Å². The smallest absolute Gasteiger partial charge is 0.248 e. The van der Waals surface area contributed by atoms with Crippen LogP contribution >= 0.6 is 11.6 Å². The maximum Gasteiger partial charge on any atom is 0.248 e. The monoisotopic (exact) mass is 383 g/mol. The Labute approximate surface area is 163 Å². The molecule has 2 aromatic carbocycles. The lowest BCUT2D eigenvalue weighted by atomic mass is 10.0. The Morgan fingerprint density at radius 3 is 2.52 bits per heavy atom. The largest absolute Gasteiger partial charge is 0.323 e. The molecule has 0 saturated carbocycles. The van der Waals surface area contributed by atoms with Crippen molar-refractivity contribution in [1.82, 2.24) is 20.2 Å². The first-order chi connectivity index (χ1) is 12.8. The third-order valence-corrected chi connectivity index (χ3v) is 4.57. The Kier molecular flexibility index (Phi) is 5.56. The van der Waals surface area contributed by atoms with Gasteiger partial charge in [0.1, 0.15) is 6.54 Å². The topological polar surface area (TPSA) is 72.7 Å². The van der Waals surface area contributed by atoms with Crippen molar-refractivity contribution in [3.8, 4) is 11.4 Å². The SMILES string of the molecule is Cc1cc(C)c(NC(=O)Cn2nnc(-c3ccc(C(C)C)cc3)n2)c(Cl)c1. The molecule has 1 heterocycles. The van der Waals surface area contributed by atoms with Gasteiger partial charge in [-0.3, -0.25) is 4.79 Å². The summed E-state index contributed by atoms with van der Waals surface area (Å²) in [7, 11) is 0. The van der Waals surface area contributed by atoms with Gasteiger partial charge in [-0.2, -0.15) is 4.80 Å². The molecule has 0 saturated heterocycles. The van der Waals surface area contributed by atoms with Crippen molar-refractivity contribution in [3.63, 3.8) is 0 Å². The van der Waals surface area contributed by atoms with E-state index < -0.39 is 0 Å². The number of halogens is 1.